The normalized spacial score (nSPS) is 17.6. The average Bonchev–Trinajstić information content (AvgIpc) is 2.58. The second-order valence-corrected chi connectivity index (χ2v) is 6.12. The zero-order valence-electron chi connectivity index (χ0n) is 14.4. The van der Waals surface area contributed by atoms with Gasteiger partial charge < -0.3 is 19.2 Å². The van der Waals surface area contributed by atoms with Crippen LogP contribution >= 0.6 is 0 Å². The minimum Gasteiger partial charge on any atom is -0.368 e. The lowest BCUT2D eigenvalue weighted by Gasteiger charge is -2.32. The Morgan fingerprint density at radius 2 is 2.08 bits per heavy atom. The second-order valence-electron chi connectivity index (χ2n) is 6.12. The molecule has 0 saturated carbocycles. The van der Waals surface area contributed by atoms with Crippen LogP contribution in [0, 0.1) is 13.8 Å². The predicted octanol–water partition coefficient (Wildman–Crippen LogP) is 0.299. The fraction of sp³-hybridized carbons (Fsp3) is 0.412. The Balaban J connectivity index is 1.86. The first-order valence-corrected chi connectivity index (χ1v) is 8.02. The summed E-state index contributed by atoms with van der Waals surface area (Å²) in [5.74, 6) is 0.150. The molecule has 2 aromatic rings. The lowest BCUT2D eigenvalue weighted by Crippen LogP contribution is -2.44. The largest absolute Gasteiger partial charge is 0.368 e. The minimum absolute atomic E-state index is 0.129. The summed E-state index contributed by atoms with van der Waals surface area (Å²) in [6.45, 7) is 4.43. The molecule has 0 aromatic carbocycles. The Hall–Kier alpha value is -2.74. The molecule has 0 spiro atoms. The summed E-state index contributed by atoms with van der Waals surface area (Å²) in [7, 11) is 1.64. The van der Waals surface area contributed by atoms with Crippen molar-refractivity contribution in [2.75, 3.05) is 19.7 Å². The average molecular weight is 344 g/mol. The Morgan fingerprint density at radius 1 is 1.32 bits per heavy atom. The standard InChI is InChI=1S/C17H20N4O4/c1-10-4-5-12(16(23)20(10)3)17(24)21-6-7-25-14(9-21)13-8-15(22)19-11(2)18-13/h4-5,8,14H,6-7,9H2,1-3H3,(H,18,19,22)/t14-/m1/s1. The van der Waals surface area contributed by atoms with Crippen molar-refractivity contribution in [3.8, 4) is 0 Å². The van der Waals surface area contributed by atoms with Gasteiger partial charge in [-0.3, -0.25) is 14.4 Å². The molecule has 3 rings (SSSR count). The van der Waals surface area contributed by atoms with Crippen molar-refractivity contribution in [2.45, 2.75) is 20.0 Å². The number of carbonyl (C=O) groups excluding carboxylic acids is 1. The van der Waals surface area contributed by atoms with Crippen LogP contribution in [0.5, 0.6) is 0 Å². The Bertz CT molecular complexity index is 931. The number of aromatic nitrogens is 3. The van der Waals surface area contributed by atoms with Gasteiger partial charge in [-0.25, -0.2) is 4.98 Å². The summed E-state index contributed by atoms with van der Waals surface area (Å²) in [6.07, 6.45) is -0.493. The fourth-order valence-electron chi connectivity index (χ4n) is 2.84. The molecule has 3 heterocycles. The quantitative estimate of drug-likeness (QED) is 0.845. The number of H-pyrrole nitrogens is 1. The highest BCUT2D eigenvalue weighted by molar-refractivity contribution is 5.94. The van der Waals surface area contributed by atoms with E-state index in [9.17, 15) is 14.4 Å². The third-order valence-corrected chi connectivity index (χ3v) is 4.35. The highest BCUT2D eigenvalue weighted by atomic mass is 16.5. The van der Waals surface area contributed by atoms with E-state index >= 15 is 0 Å². The van der Waals surface area contributed by atoms with Crippen molar-refractivity contribution in [1.29, 1.82) is 0 Å². The van der Waals surface area contributed by atoms with Gasteiger partial charge in [-0.1, -0.05) is 0 Å². The van der Waals surface area contributed by atoms with Crippen LogP contribution in [0.4, 0.5) is 0 Å². The summed E-state index contributed by atoms with van der Waals surface area (Å²) < 4.78 is 7.12. The summed E-state index contributed by atoms with van der Waals surface area (Å²) in [4.78, 5) is 45.2. The Kier molecular flexibility index (Phi) is 4.54. The molecule has 1 atom stereocenters. The molecule has 8 heteroatoms. The van der Waals surface area contributed by atoms with E-state index < -0.39 is 6.10 Å². The molecule has 8 nitrogen and oxygen atoms in total. The van der Waals surface area contributed by atoms with Crippen LogP contribution in [0.1, 0.15) is 33.7 Å². The maximum atomic E-state index is 12.8. The van der Waals surface area contributed by atoms with Gasteiger partial charge in [-0.15, -0.1) is 0 Å². The minimum atomic E-state index is -0.493. The van der Waals surface area contributed by atoms with Crippen molar-refractivity contribution in [1.82, 2.24) is 19.4 Å². The molecule has 132 valence electrons. The predicted molar refractivity (Wildman–Crippen MR) is 90.6 cm³/mol. The van der Waals surface area contributed by atoms with Crippen LogP contribution in [0.3, 0.4) is 0 Å². The molecule has 2 aromatic heterocycles. The number of hydrogen-bond donors (Lipinski definition) is 1. The van der Waals surface area contributed by atoms with Gasteiger partial charge in [-0.05, 0) is 26.0 Å². The second kappa shape index (κ2) is 6.64. The van der Waals surface area contributed by atoms with Gasteiger partial charge in [0.15, 0.2) is 0 Å². The van der Waals surface area contributed by atoms with Crippen molar-refractivity contribution in [3.63, 3.8) is 0 Å². The molecule has 1 fully saturated rings. The number of morpholine rings is 1. The first-order valence-electron chi connectivity index (χ1n) is 8.02. The van der Waals surface area contributed by atoms with Gasteiger partial charge in [0.05, 0.1) is 18.8 Å². The zero-order valence-corrected chi connectivity index (χ0v) is 14.4. The zero-order chi connectivity index (χ0) is 18.1. The van der Waals surface area contributed by atoms with E-state index in [1.807, 2.05) is 0 Å². The van der Waals surface area contributed by atoms with Crippen molar-refractivity contribution in [3.05, 3.63) is 61.7 Å². The van der Waals surface area contributed by atoms with Crippen molar-refractivity contribution in [2.24, 2.45) is 7.05 Å². The lowest BCUT2D eigenvalue weighted by atomic mass is 10.1. The Morgan fingerprint density at radius 3 is 2.80 bits per heavy atom. The van der Waals surface area contributed by atoms with Crippen LogP contribution < -0.4 is 11.1 Å². The van der Waals surface area contributed by atoms with Gasteiger partial charge in [-0.2, -0.15) is 0 Å². The summed E-state index contributed by atoms with van der Waals surface area (Å²) in [6, 6.07) is 4.67. The number of amides is 1. The molecule has 0 bridgehead atoms. The molecule has 1 amide bonds. The maximum absolute atomic E-state index is 12.8. The van der Waals surface area contributed by atoms with Gasteiger partial charge in [0.1, 0.15) is 17.5 Å². The maximum Gasteiger partial charge on any atom is 0.263 e. The number of carbonyl (C=O) groups is 1. The monoisotopic (exact) mass is 344 g/mol. The number of nitrogens with zero attached hydrogens (tertiary/aromatic N) is 3. The molecule has 1 N–H and O–H groups in total. The number of rotatable bonds is 2. The molecular weight excluding hydrogens is 324 g/mol. The van der Waals surface area contributed by atoms with Gasteiger partial charge in [0, 0.05) is 25.4 Å². The van der Waals surface area contributed by atoms with E-state index in [4.69, 9.17) is 4.74 Å². The van der Waals surface area contributed by atoms with E-state index in [1.54, 1.807) is 37.9 Å². The molecule has 25 heavy (non-hydrogen) atoms. The molecule has 0 unspecified atom stereocenters. The molecule has 1 aliphatic rings. The van der Waals surface area contributed by atoms with Crippen LogP contribution in [-0.4, -0.2) is 45.0 Å². The third kappa shape index (κ3) is 3.39. The van der Waals surface area contributed by atoms with Crippen LogP contribution in [0.2, 0.25) is 0 Å². The Labute approximate surface area is 144 Å². The number of aromatic amines is 1. The molecule has 1 aliphatic heterocycles. The van der Waals surface area contributed by atoms with Crippen molar-refractivity contribution < 1.29 is 9.53 Å². The summed E-state index contributed by atoms with van der Waals surface area (Å²) >= 11 is 0. The third-order valence-electron chi connectivity index (χ3n) is 4.35. The van der Waals surface area contributed by atoms with Crippen LogP contribution in [0.15, 0.2) is 27.8 Å². The van der Waals surface area contributed by atoms with Gasteiger partial charge in [0.25, 0.3) is 17.0 Å². The van der Waals surface area contributed by atoms with Crippen molar-refractivity contribution >= 4 is 5.91 Å². The number of hydrogen-bond acceptors (Lipinski definition) is 5. The van der Waals surface area contributed by atoms with E-state index in [1.165, 1.54) is 10.6 Å². The smallest absolute Gasteiger partial charge is 0.263 e. The number of aryl methyl sites for hydroxylation is 2. The first-order chi connectivity index (χ1) is 11.9. The van der Waals surface area contributed by atoms with E-state index in [-0.39, 0.29) is 29.1 Å². The van der Waals surface area contributed by atoms with E-state index in [0.29, 0.717) is 24.7 Å². The fourth-order valence-corrected chi connectivity index (χ4v) is 2.84. The topological polar surface area (TPSA) is 97.3 Å². The highest BCUT2D eigenvalue weighted by Gasteiger charge is 2.28. The summed E-state index contributed by atoms with van der Waals surface area (Å²) in [5.41, 5.74) is 0.809. The molecule has 0 aliphatic carbocycles. The van der Waals surface area contributed by atoms with E-state index in [0.717, 1.165) is 5.69 Å². The summed E-state index contributed by atoms with van der Waals surface area (Å²) in [5, 5.41) is 0. The SMILES string of the molecule is Cc1nc([C@H]2CN(C(=O)c3ccc(C)n(C)c3=O)CCO2)cc(=O)[nH]1. The van der Waals surface area contributed by atoms with E-state index in [2.05, 4.69) is 9.97 Å². The van der Waals surface area contributed by atoms with Crippen LogP contribution in [0.25, 0.3) is 0 Å². The number of pyridine rings is 1. The molecular formula is C17H20N4O4. The first kappa shape index (κ1) is 17.1. The van der Waals surface area contributed by atoms with Crippen LogP contribution in [-0.2, 0) is 11.8 Å². The number of ether oxygens (including phenoxy) is 1. The number of nitrogens with one attached hydrogen (secondary N) is 1. The molecule has 0 radical (unpaired) electrons. The molecule has 1 saturated heterocycles. The highest BCUT2D eigenvalue weighted by Crippen LogP contribution is 2.20. The lowest BCUT2D eigenvalue weighted by molar-refractivity contribution is -0.0249. The van der Waals surface area contributed by atoms with Gasteiger partial charge in [0.2, 0.25) is 0 Å². The van der Waals surface area contributed by atoms with Gasteiger partial charge >= 0.3 is 0 Å².